The van der Waals surface area contributed by atoms with Crippen LogP contribution < -0.4 is 9.80 Å². The predicted octanol–water partition coefficient (Wildman–Crippen LogP) is 1.79. The number of fused-ring (bicyclic) bond motifs is 1. The summed E-state index contributed by atoms with van der Waals surface area (Å²) in [6.07, 6.45) is 5.62. The number of piperidine rings is 1. The van der Waals surface area contributed by atoms with Crippen molar-refractivity contribution in [2.24, 2.45) is 0 Å². The first-order chi connectivity index (χ1) is 11.2. The Bertz CT molecular complexity index is 809. The quantitative estimate of drug-likeness (QED) is 0.788. The minimum Gasteiger partial charge on any atom is -0.355 e. The molecule has 0 bridgehead atoms. The Labute approximate surface area is 133 Å². The van der Waals surface area contributed by atoms with Gasteiger partial charge in [-0.05, 0) is 24.1 Å². The number of aromatic amines is 1. The minimum absolute atomic E-state index is 0.230. The summed E-state index contributed by atoms with van der Waals surface area (Å²) in [5.41, 5.74) is 0.866. The van der Waals surface area contributed by atoms with Crippen molar-refractivity contribution < 1.29 is 4.52 Å². The zero-order chi connectivity index (χ0) is 15.8. The predicted molar refractivity (Wildman–Crippen MR) is 86.7 cm³/mol. The summed E-state index contributed by atoms with van der Waals surface area (Å²) in [6, 6.07) is 2.02. The number of anilines is 2. The standard InChI is InChI=1S/C15H19N7O/c1-21(2)15-19-14(23-20-15)10-4-3-7-22(8-10)13-11-5-6-16-12(11)17-9-18-13/h5-6,9-10H,3-4,7-8H2,1-2H3,(H,16,17,18). The Morgan fingerprint density at radius 3 is 3.09 bits per heavy atom. The molecule has 4 rings (SSSR count). The van der Waals surface area contributed by atoms with E-state index >= 15 is 0 Å². The summed E-state index contributed by atoms with van der Waals surface area (Å²) in [4.78, 5) is 20.5. The number of aromatic nitrogens is 5. The molecule has 4 heterocycles. The lowest BCUT2D eigenvalue weighted by Crippen LogP contribution is -2.35. The van der Waals surface area contributed by atoms with Gasteiger partial charge in [-0.25, -0.2) is 9.97 Å². The summed E-state index contributed by atoms with van der Waals surface area (Å²) in [5, 5.41) is 5.07. The van der Waals surface area contributed by atoms with Gasteiger partial charge < -0.3 is 19.3 Å². The number of H-pyrrole nitrogens is 1. The van der Waals surface area contributed by atoms with Crippen molar-refractivity contribution in [2.45, 2.75) is 18.8 Å². The molecule has 1 atom stereocenters. The summed E-state index contributed by atoms with van der Waals surface area (Å²) in [7, 11) is 3.82. The van der Waals surface area contributed by atoms with Crippen LogP contribution in [0.1, 0.15) is 24.7 Å². The Morgan fingerprint density at radius 1 is 1.35 bits per heavy atom. The summed E-state index contributed by atoms with van der Waals surface area (Å²) >= 11 is 0. The maximum Gasteiger partial charge on any atom is 0.265 e. The van der Waals surface area contributed by atoms with E-state index in [0.717, 1.165) is 42.8 Å². The van der Waals surface area contributed by atoms with Gasteiger partial charge in [-0.1, -0.05) is 0 Å². The second-order valence-electron chi connectivity index (χ2n) is 6.05. The number of nitrogens with zero attached hydrogens (tertiary/aromatic N) is 6. The molecule has 1 unspecified atom stereocenters. The molecule has 1 aliphatic heterocycles. The summed E-state index contributed by atoms with van der Waals surface area (Å²) < 4.78 is 5.45. The van der Waals surface area contributed by atoms with Crippen molar-refractivity contribution in [3.05, 3.63) is 24.5 Å². The molecule has 1 fully saturated rings. The number of nitrogens with one attached hydrogen (secondary N) is 1. The Hall–Kier alpha value is -2.64. The SMILES string of the molecule is CN(C)c1noc(C2CCCN(c3ncnc4[nH]ccc34)C2)n1. The number of rotatable bonds is 3. The van der Waals surface area contributed by atoms with Gasteiger partial charge in [-0.2, -0.15) is 4.98 Å². The smallest absolute Gasteiger partial charge is 0.265 e. The maximum absolute atomic E-state index is 5.45. The largest absolute Gasteiger partial charge is 0.355 e. The van der Waals surface area contributed by atoms with Crippen molar-refractivity contribution in [3.8, 4) is 0 Å². The molecule has 0 aromatic carbocycles. The zero-order valence-electron chi connectivity index (χ0n) is 13.2. The molecule has 8 nitrogen and oxygen atoms in total. The van der Waals surface area contributed by atoms with Crippen molar-refractivity contribution in [2.75, 3.05) is 37.0 Å². The number of hydrogen-bond acceptors (Lipinski definition) is 7. The van der Waals surface area contributed by atoms with Crippen molar-refractivity contribution >= 4 is 22.8 Å². The Balaban J connectivity index is 1.60. The highest BCUT2D eigenvalue weighted by Crippen LogP contribution is 2.31. The monoisotopic (exact) mass is 313 g/mol. The van der Waals surface area contributed by atoms with Crippen LogP contribution in [0.4, 0.5) is 11.8 Å². The highest BCUT2D eigenvalue weighted by molar-refractivity contribution is 5.87. The van der Waals surface area contributed by atoms with E-state index < -0.39 is 0 Å². The fourth-order valence-electron chi connectivity index (χ4n) is 3.06. The molecule has 0 saturated carbocycles. The molecule has 1 N–H and O–H groups in total. The van der Waals surface area contributed by atoms with E-state index in [9.17, 15) is 0 Å². The summed E-state index contributed by atoms with van der Waals surface area (Å²) in [6.45, 7) is 1.80. The maximum atomic E-state index is 5.45. The van der Waals surface area contributed by atoms with Crippen LogP contribution in [0.25, 0.3) is 11.0 Å². The molecule has 1 aliphatic rings. The van der Waals surface area contributed by atoms with E-state index in [2.05, 4.69) is 30.0 Å². The lowest BCUT2D eigenvalue weighted by atomic mass is 9.98. The third-order valence-corrected chi connectivity index (χ3v) is 4.23. The van der Waals surface area contributed by atoms with Crippen LogP contribution in [0.15, 0.2) is 23.1 Å². The molecule has 1 saturated heterocycles. The highest BCUT2D eigenvalue weighted by atomic mass is 16.5. The van der Waals surface area contributed by atoms with Crippen LogP contribution in [0.2, 0.25) is 0 Å². The van der Waals surface area contributed by atoms with Gasteiger partial charge in [0, 0.05) is 33.4 Å². The van der Waals surface area contributed by atoms with E-state index in [-0.39, 0.29) is 5.92 Å². The van der Waals surface area contributed by atoms with E-state index in [1.54, 1.807) is 6.33 Å². The second kappa shape index (κ2) is 5.53. The molecule has 0 radical (unpaired) electrons. The van der Waals surface area contributed by atoms with E-state index in [0.29, 0.717) is 11.8 Å². The first-order valence-corrected chi connectivity index (χ1v) is 7.76. The van der Waals surface area contributed by atoms with E-state index in [1.165, 1.54) is 0 Å². The topological polar surface area (TPSA) is 87.0 Å². The minimum atomic E-state index is 0.230. The lowest BCUT2D eigenvalue weighted by Gasteiger charge is -2.32. The van der Waals surface area contributed by atoms with Crippen LogP contribution in [0.5, 0.6) is 0 Å². The lowest BCUT2D eigenvalue weighted by molar-refractivity contribution is 0.333. The van der Waals surface area contributed by atoms with Crippen LogP contribution >= 0.6 is 0 Å². The molecule has 3 aromatic rings. The van der Waals surface area contributed by atoms with Crippen molar-refractivity contribution in [3.63, 3.8) is 0 Å². The van der Waals surface area contributed by atoms with Gasteiger partial charge in [0.2, 0.25) is 5.89 Å². The molecule has 120 valence electrons. The molecule has 0 amide bonds. The average Bonchev–Trinajstić information content (AvgIpc) is 3.24. The van der Waals surface area contributed by atoms with Gasteiger partial charge in [0.25, 0.3) is 5.95 Å². The first kappa shape index (κ1) is 14.0. The molecule has 0 aliphatic carbocycles. The van der Waals surface area contributed by atoms with Gasteiger partial charge >= 0.3 is 0 Å². The van der Waals surface area contributed by atoms with Crippen LogP contribution in [-0.2, 0) is 0 Å². The third-order valence-electron chi connectivity index (χ3n) is 4.23. The fraction of sp³-hybridized carbons (Fsp3) is 0.467. The third kappa shape index (κ3) is 2.49. The fourth-order valence-corrected chi connectivity index (χ4v) is 3.06. The van der Waals surface area contributed by atoms with Crippen molar-refractivity contribution in [1.29, 1.82) is 0 Å². The summed E-state index contributed by atoms with van der Waals surface area (Å²) in [5.74, 6) is 2.52. The van der Waals surface area contributed by atoms with Crippen LogP contribution in [0, 0.1) is 0 Å². The van der Waals surface area contributed by atoms with Gasteiger partial charge in [-0.15, -0.1) is 0 Å². The second-order valence-corrected chi connectivity index (χ2v) is 6.05. The molecule has 23 heavy (non-hydrogen) atoms. The molecular formula is C15H19N7O. The molecular weight excluding hydrogens is 294 g/mol. The van der Waals surface area contributed by atoms with Crippen LogP contribution in [-0.4, -0.2) is 52.3 Å². The zero-order valence-corrected chi connectivity index (χ0v) is 13.2. The average molecular weight is 313 g/mol. The highest BCUT2D eigenvalue weighted by Gasteiger charge is 2.28. The van der Waals surface area contributed by atoms with E-state index in [4.69, 9.17) is 4.52 Å². The molecule has 8 heteroatoms. The van der Waals surface area contributed by atoms with Gasteiger partial charge in [0.05, 0.1) is 11.3 Å². The van der Waals surface area contributed by atoms with Gasteiger partial charge in [0.15, 0.2) is 0 Å². The van der Waals surface area contributed by atoms with Crippen LogP contribution in [0.3, 0.4) is 0 Å². The first-order valence-electron chi connectivity index (χ1n) is 7.76. The van der Waals surface area contributed by atoms with Crippen molar-refractivity contribution in [1.82, 2.24) is 25.1 Å². The molecule has 0 spiro atoms. The number of hydrogen-bond donors (Lipinski definition) is 1. The van der Waals surface area contributed by atoms with E-state index in [1.807, 2.05) is 31.3 Å². The normalized spacial score (nSPS) is 18.5. The van der Waals surface area contributed by atoms with Gasteiger partial charge in [-0.3, -0.25) is 0 Å². The Morgan fingerprint density at radius 2 is 2.26 bits per heavy atom. The molecule has 3 aromatic heterocycles. The Kier molecular flexibility index (Phi) is 3.36. The van der Waals surface area contributed by atoms with Gasteiger partial charge in [0.1, 0.15) is 17.8 Å².